The molecule has 1 aliphatic rings. The molecule has 9 heteroatoms. The molecule has 190 valence electrons. The lowest BCUT2D eigenvalue weighted by atomic mass is 10.1. The van der Waals surface area contributed by atoms with E-state index in [1.54, 1.807) is 18.2 Å². The van der Waals surface area contributed by atoms with E-state index in [4.69, 9.17) is 0 Å². The molecule has 1 atom stereocenters. The molecule has 0 aromatic heterocycles. The van der Waals surface area contributed by atoms with Gasteiger partial charge in [-0.15, -0.1) is 0 Å². The molecular formula is C26H34BrN3O4S. The summed E-state index contributed by atoms with van der Waals surface area (Å²) in [5, 5.41) is 3.11. The number of hydrogen-bond donors (Lipinski definition) is 1. The zero-order chi connectivity index (χ0) is 25.6. The van der Waals surface area contributed by atoms with Crippen molar-refractivity contribution >= 4 is 43.5 Å². The molecule has 1 unspecified atom stereocenters. The first-order chi connectivity index (χ1) is 16.6. The van der Waals surface area contributed by atoms with E-state index in [1.807, 2.05) is 44.2 Å². The summed E-state index contributed by atoms with van der Waals surface area (Å²) in [5.74, 6) is -0.609. The van der Waals surface area contributed by atoms with Crippen LogP contribution in [0.1, 0.15) is 50.2 Å². The van der Waals surface area contributed by atoms with Gasteiger partial charge in [-0.05, 0) is 55.5 Å². The molecule has 1 saturated carbocycles. The Morgan fingerprint density at radius 2 is 1.77 bits per heavy atom. The molecular weight excluding hydrogens is 530 g/mol. The van der Waals surface area contributed by atoms with Gasteiger partial charge in [0.05, 0.1) is 11.9 Å². The van der Waals surface area contributed by atoms with Gasteiger partial charge < -0.3 is 10.2 Å². The summed E-state index contributed by atoms with van der Waals surface area (Å²) in [6.45, 7) is 3.56. The topological polar surface area (TPSA) is 86.8 Å². The van der Waals surface area contributed by atoms with Crippen molar-refractivity contribution in [1.29, 1.82) is 0 Å². The normalized spacial score (nSPS) is 15.0. The molecule has 35 heavy (non-hydrogen) atoms. The van der Waals surface area contributed by atoms with Crippen LogP contribution in [0.15, 0.2) is 53.0 Å². The first kappa shape index (κ1) is 27.2. The molecule has 0 saturated heterocycles. The minimum atomic E-state index is -3.75. The van der Waals surface area contributed by atoms with Gasteiger partial charge in [-0.25, -0.2) is 8.42 Å². The number of sulfonamides is 1. The average Bonchev–Trinajstić information content (AvgIpc) is 3.32. The summed E-state index contributed by atoms with van der Waals surface area (Å²) in [6.07, 6.45) is 5.57. The van der Waals surface area contributed by atoms with E-state index in [1.165, 1.54) is 4.90 Å². The van der Waals surface area contributed by atoms with Crippen LogP contribution in [0.3, 0.4) is 0 Å². The number of aryl methyl sites for hydroxylation is 1. The number of amides is 2. The Bertz CT molecular complexity index is 1130. The summed E-state index contributed by atoms with van der Waals surface area (Å²) < 4.78 is 27.4. The highest BCUT2D eigenvalue weighted by Gasteiger charge is 2.33. The minimum absolute atomic E-state index is 0.128. The van der Waals surface area contributed by atoms with Crippen LogP contribution in [0.4, 0.5) is 5.69 Å². The smallest absolute Gasteiger partial charge is 0.244 e. The third-order valence-electron chi connectivity index (χ3n) is 6.39. The van der Waals surface area contributed by atoms with Gasteiger partial charge in [-0.1, -0.05) is 66.0 Å². The van der Waals surface area contributed by atoms with Gasteiger partial charge in [-0.3, -0.25) is 13.9 Å². The van der Waals surface area contributed by atoms with E-state index in [0.717, 1.165) is 51.8 Å². The number of nitrogens with one attached hydrogen (secondary N) is 1. The summed E-state index contributed by atoms with van der Waals surface area (Å²) in [7, 11) is -3.75. The lowest BCUT2D eigenvalue weighted by Gasteiger charge is -2.33. The number of nitrogens with zero attached hydrogens (tertiary/aromatic N) is 2. The van der Waals surface area contributed by atoms with Crippen LogP contribution in [-0.2, 0) is 26.2 Å². The fourth-order valence-corrected chi connectivity index (χ4v) is 5.55. The van der Waals surface area contributed by atoms with Crippen LogP contribution in [0, 0.1) is 6.92 Å². The number of halogens is 1. The SMILES string of the molecule is CCC(C(=O)NC1CCCC1)N(Cc1ccccc1)C(=O)CN(c1ccc(Br)c(C)c1)S(C)(=O)=O. The Morgan fingerprint density at radius 3 is 2.34 bits per heavy atom. The number of carbonyl (C=O) groups is 2. The fourth-order valence-electron chi connectivity index (χ4n) is 4.46. The van der Waals surface area contributed by atoms with E-state index in [2.05, 4.69) is 21.2 Å². The number of anilines is 1. The highest BCUT2D eigenvalue weighted by Crippen LogP contribution is 2.25. The van der Waals surface area contributed by atoms with Crippen molar-refractivity contribution in [2.75, 3.05) is 17.1 Å². The summed E-state index contributed by atoms with van der Waals surface area (Å²) in [5.41, 5.74) is 2.13. The Hall–Kier alpha value is -2.39. The zero-order valence-corrected chi connectivity index (χ0v) is 22.9. The fraction of sp³-hybridized carbons (Fsp3) is 0.462. The summed E-state index contributed by atoms with van der Waals surface area (Å²) in [6, 6.07) is 14.0. The predicted octanol–water partition coefficient (Wildman–Crippen LogP) is 4.39. The molecule has 0 spiro atoms. The maximum Gasteiger partial charge on any atom is 0.244 e. The molecule has 0 bridgehead atoms. The van der Waals surface area contributed by atoms with Crippen molar-refractivity contribution in [3.8, 4) is 0 Å². The highest BCUT2D eigenvalue weighted by molar-refractivity contribution is 9.10. The first-order valence-corrected chi connectivity index (χ1v) is 14.6. The van der Waals surface area contributed by atoms with Gasteiger partial charge >= 0.3 is 0 Å². The van der Waals surface area contributed by atoms with Gasteiger partial charge in [0, 0.05) is 17.1 Å². The average molecular weight is 565 g/mol. The molecule has 0 aliphatic heterocycles. The lowest BCUT2D eigenvalue weighted by molar-refractivity contribution is -0.140. The molecule has 0 heterocycles. The van der Waals surface area contributed by atoms with Crippen molar-refractivity contribution < 1.29 is 18.0 Å². The number of carbonyl (C=O) groups excluding carboxylic acids is 2. The quantitative estimate of drug-likeness (QED) is 0.464. The van der Waals surface area contributed by atoms with Crippen LogP contribution in [0.5, 0.6) is 0 Å². The van der Waals surface area contributed by atoms with E-state index in [-0.39, 0.29) is 25.0 Å². The predicted molar refractivity (Wildman–Crippen MR) is 143 cm³/mol. The molecule has 1 aliphatic carbocycles. The van der Waals surface area contributed by atoms with Gasteiger partial charge in [0.25, 0.3) is 0 Å². The third-order valence-corrected chi connectivity index (χ3v) is 8.42. The lowest BCUT2D eigenvalue weighted by Crippen LogP contribution is -2.53. The standard InChI is InChI=1S/C26H34BrN3O4S/c1-4-24(26(32)28-21-12-8-9-13-21)29(17-20-10-6-5-7-11-20)25(31)18-30(35(3,33)34)22-14-15-23(27)19(2)16-22/h5-7,10-11,14-16,21,24H,4,8-9,12-13,17-18H2,1-3H3,(H,28,32). The van der Waals surface area contributed by atoms with Crippen LogP contribution in [0.25, 0.3) is 0 Å². The van der Waals surface area contributed by atoms with Crippen LogP contribution in [-0.4, -0.2) is 50.0 Å². The first-order valence-electron chi connectivity index (χ1n) is 12.0. The minimum Gasteiger partial charge on any atom is -0.352 e. The maximum absolute atomic E-state index is 13.7. The molecule has 2 amide bonds. The van der Waals surface area contributed by atoms with E-state index in [0.29, 0.717) is 12.1 Å². The monoisotopic (exact) mass is 563 g/mol. The Morgan fingerprint density at radius 1 is 1.11 bits per heavy atom. The van der Waals surface area contributed by atoms with Crippen LogP contribution < -0.4 is 9.62 Å². The molecule has 1 fully saturated rings. The summed E-state index contributed by atoms with van der Waals surface area (Å²) >= 11 is 3.43. The van der Waals surface area contributed by atoms with E-state index >= 15 is 0 Å². The van der Waals surface area contributed by atoms with Crippen LogP contribution in [0.2, 0.25) is 0 Å². The molecule has 2 aromatic carbocycles. The van der Waals surface area contributed by atoms with Gasteiger partial charge in [0.15, 0.2) is 0 Å². The second-order valence-electron chi connectivity index (χ2n) is 9.12. The summed E-state index contributed by atoms with van der Waals surface area (Å²) in [4.78, 5) is 28.5. The van der Waals surface area contributed by atoms with Gasteiger partial charge in [0.1, 0.15) is 12.6 Å². The number of benzene rings is 2. The molecule has 7 nitrogen and oxygen atoms in total. The number of hydrogen-bond acceptors (Lipinski definition) is 4. The third kappa shape index (κ3) is 7.30. The molecule has 0 radical (unpaired) electrons. The second kappa shape index (κ2) is 12.0. The highest BCUT2D eigenvalue weighted by atomic mass is 79.9. The van der Waals surface area contributed by atoms with E-state index < -0.39 is 22.0 Å². The number of rotatable bonds is 10. The van der Waals surface area contributed by atoms with Crippen molar-refractivity contribution in [2.24, 2.45) is 0 Å². The van der Waals surface area contributed by atoms with Gasteiger partial charge in [-0.2, -0.15) is 0 Å². The Labute approximate surface area is 217 Å². The van der Waals surface area contributed by atoms with Crippen LogP contribution >= 0.6 is 15.9 Å². The van der Waals surface area contributed by atoms with E-state index in [9.17, 15) is 18.0 Å². The molecule has 2 aromatic rings. The van der Waals surface area contributed by atoms with Crippen molar-refractivity contribution in [3.05, 3.63) is 64.1 Å². The zero-order valence-electron chi connectivity index (χ0n) is 20.5. The van der Waals surface area contributed by atoms with Crippen molar-refractivity contribution in [2.45, 2.75) is 64.6 Å². The van der Waals surface area contributed by atoms with Crippen molar-refractivity contribution in [1.82, 2.24) is 10.2 Å². The maximum atomic E-state index is 13.7. The Kier molecular flexibility index (Phi) is 9.35. The largest absolute Gasteiger partial charge is 0.352 e. The second-order valence-corrected chi connectivity index (χ2v) is 11.9. The molecule has 1 N–H and O–H groups in total. The van der Waals surface area contributed by atoms with Gasteiger partial charge in [0.2, 0.25) is 21.8 Å². The molecule has 3 rings (SSSR count). The van der Waals surface area contributed by atoms with Crippen molar-refractivity contribution in [3.63, 3.8) is 0 Å². The Balaban J connectivity index is 1.91.